The van der Waals surface area contributed by atoms with Gasteiger partial charge in [-0.3, -0.25) is 0 Å². The quantitative estimate of drug-likeness (QED) is 0.526. The summed E-state index contributed by atoms with van der Waals surface area (Å²) < 4.78 is 34.8. The summed E-state index contributed by atoms with van der Waals surface area (Å²) >= 11 is 0. The van der Waals surface area contributed by atoms with E-state index in [-0.39, 0.29) is 10.3 Å². The van der Waals surface area contributed by atoms with Crippen molar-refractivity contribution >= 4 is 26.6 Å². The second-order valence-corrected chi connectivity index (χ2v) is 10.2. The minimum Gasteiger partial charge on any atom is -0.495 e. The van der Waals surface area contributed by atoms with Crippen molar-refractivity contribution in [1.82, 2.24) is 15.0 Å². The number of rotatable bonds is 7. The van der Waals surface area contributed by atoms with Gasteiger partial charge in [-0.2, -0.15) is 0 Å². The number of hydrogen-bond acceptors (Lipinski definition) is 5. The smallest absolute Gasteiger partial charge is 0.240 e. The molecule has 2 aliphatic rings. The van der Waals surface area contributed by atoms with Crippen LogP contribution in [0.25, 0.3) is 10.9 Å². The van der Waals surface area contributed by atoms with E-state index in [1.165, 1.54) is 10.9 Å². The lowest BCUT2D eigenvalue weighted by Crippen LogP contribution is -2.43. The van der Waals surface area contributed by atoms with Gasteiger partial charge in [-0.25, -0.2) is 13.1 Å². The number of ether oxygens (including phenoxy) is 1. The van der Waals surface area contributed by atoms with Crippen molar-refractivity contribution in [2.75, 3.05) is 44.7 Å². The number of sulfonamides is 1. The first-order valence-corrected chi connectivity index (χ1v) is 12.2. The number of nitrogens with one attached hydrogen (secondary N) is 3. The Kier molecular flexibility index (Phi) is 5.16. The lowest BCUT2D eigenvalue weighted by atomic mass is 9.96. The molecule has 7 nitrogen and oxygen atoms in total. The lowest BCUT2D eigenvalue weighted by molar-refractivity contribution is 0.412. The molecule has 1 aliphatic heterocycles. The van der Waals surface area contributed by atoms with E-state index in [2.05, 4.69) is 26.0 Å². The van der Waals surface area contributed by atoms with E-state index >= 15 is 0 Å². The SMILES string of the molecule is COc1ccc(S(=O)(=O)NCC2(c3c[nH]c4ccccc34)CC2)cc1N1CCNCC1. The van der Waals surface area contributed by atoms with Crippen LogP contribution in [0.4, 0.5) is 5.69 Å². The Morgan fingerprint density at radius 1 is 1.13 bits per heavy atom. The molecule has 8 heteroatoms. The zero-order chi connectivity index (χ0) is 21.5. The number of aromatic amines is 1. The average molecular weight is 441 g/mol. The van der Waals surface area contributed by atoms with Crippen LogP contribution in [0.1, 0.15) is 18.4 Å². The maximum Gasteiger partial charge on any atom is 0.240 e. The van der Waals surface area contributed by atoms with Gasteiger partial charge in [-0.05, 0) is 42.7 Å². The molecule has 5 rings (SSSR count). The van der Waals surface area contributed by atoms with Crippen LogP contribution >= 0.6 is 0 Å². The van der Waals surface area contributed by atoms with Gasteiger partial charge in [0.15, 0.2) is 0 Å². The Labute approximate surface area is 182 Å². The van der Waals surface area contributed by atoms with Crippen molar-refractivity contribution in [1.29, 1.82) is 0 Å². The molecule has 1 saturated heterocycles. The lowest BCUT2D eigenvalue weighted by Gasteiger charge is -2.30. The monoisotopic (exact) mass is 440 g/mol. The molecule has 0 unspecified atom stereocenters. The van der Waals surface area contributed by atoms with Gasteiger partial charge < -0.3 is 19.9 Å². The molecule has 1 aliphatic carbocycles. The number of benzene rings is 2. The fourth-order valence-electron chi connectivity index (χ4n) is 4.51. The standard InChI is InChI=1S/C23H28N4O3S/c1-30-22-7-6-17(14-21(22)27-12-10-24-11-13-27)31(28,29)26-16-23(8-9-23)19-15-25-20-5-3-2-4-18(19)20/h2-7,14-15,24-26H,8-13,16H2,1H3. The Balaban J connectivity index is 1.38. The number of anilines is 1. The highest BCUT2D eigenvalue weighted by Gasteiger charge is 2.46. The topological polar surface area (TPSA) is 86.5 Å². The Bertz CT molecular complexity index is 1190. The van der Waals surface area contributed by atoms with Gasteiger partial charge in [0.25, 0.3) is 0 Å². The van der Waals surface area contributed by atoms with E-state index in [1.54, 1.807) is 25.3 Å². The van der Waals surface area contributed by atoms with Crippen LogP contribution in [-0.2, 0) is 15.4 Å². The minimum absolute atomic E-state index is 0.138. The second kappa shape index (κ2) is 7.85. The first-order valence-electron chi connectivity index (χ1n) is 10.7. The van der Waals surface area contributed by atoms with Crippen molar-refractivity contribution in [2.45, 2.75) is 23.2 Å². The number of methoxy groups -OCH3 is 1. The fourth-order valence-corrected chi connectivity index (χ4v) is 5.66. The van der Waals surface area contributed by atoms with Crippen molar-refractivity contribution in [3.63, 3.8) is 0 Å². The number of H-pyrrole nitrogens is 1. The normalized spacial score (nSPS) is 18.3. The molecule has 0 spiro atoms. The molecular formula is C23H28N4O3S. The van der Waals surface area contributed by atoms with Crippen molar-refractivity contribution < 1.29 is 13.2 Å². The largest absolute Gasteiger partial charge is 0.495 e. The summed E-state index contributed by atoms with van der Waals surface area (Å²) in [6.07, 6.45) is 3.99. The van der Waals surface area contributed by atoms with Crippen molar-refractivity contribution in [3.05, 3.63) is 54.2 Å². The van der Waals surface area contributed by atoms with Gasteiger partial charge in [0.05, 0.1) is 17.7 Å². The van der Waals surface area contributed by atoms with Crippen LogP contribution < -0.4 is 19.7 Å². The highest BCUT2D eigenvalue weighted by molar-refractivity contribution is 7.89. The van der Waals surface area contributed by atoms with Gasteiger partial charge in [-0.15, -0.1) is 0 Å². The fraction of sp³-hybridized carbons (Fsp3) is 0.391. The third-order valence-corrected chi connectivity index (χ3v) is 7.93. The van der Waals surface area contributed by atoms with E-state index in [0.717, 1.165) is 50.2 Å². The summed E-state index contributed by atoms with van der Waals surface area (Å²) in [5.74, 6) is 0.693. The molecule has 3 aromatic rings. The van der Waals surface area contributed by atoms with Crippen LogP contribution in [0.2, 0.25) is 0 Å². The Morgan fingerprint density at radius 2 is 1.90 bits per heavy atom. The molecule has 0 bridgehead atoms. The number of piperazine rings is 1. The number of nitrogens with zero attached hydrogens (tertiary/aromatic N) is 1. The minimum atomic E-state index is -3.64. The summed E-state index contributed by atoms with van der Waals surface area (Å²) in [5.41, 5.74) is 2.97. The van der Waals surface area contributed by atoms with Gasteiger partial charge >= 0.3 is 0 Å². The Hall–Kier alpha value is -2.55. The van der Waals surface area contributed by atoms with Crippen LogP contribution in [0.15, 0.2) is 53.6 Å². The maximum absolute atomic E-state index is 13.2. The summed E-state index contributed by atoms with van der Waals surface area (Å²) in [4.78, 5) is 5.76. The molecule has 31 heavy (non-hydrogen) atoms. The predicted octanol–water partition coefficient (Wildman–Crippen LogP) is 2.60. The average Bonchev–Trinajstić information content (AvgIpc) is 3.48. The van der Waals surface area contributed by atoms with Crippen molar-refractivity contribution in [3.8, 4) is 5.75 Å². The van der Waals surface area contributed by atoms with Crippen molar-refractivity contribution in [2.24, 2.45) is 0 Å². The van der Waals surface area contributed by atoms with Gasteiger partial charge in [-0.1, -0.05) is 18.2 Å². The van der Waals surface area contributed by atoms with Crippen LogP contribution in [0.5, 0.6) is 5.75 Å². The van der Waals surface area contributed by atoms with Crippen LogP contribution in [0.3, 0.4) is 0 Å². The molecule has 0 atom stereocenters. The predicted molar refractivity (Wildman–Crippen MR) is 122 cm³/mol. The number of para-hydroxylation sites is 1. The highest BCUT2D eigenvalue weighted by atomic mass is 32.2. The van der Waals surface area contributed by atoms with Gasteiger partial charge in [0, 0.05) is 55.2 Å². The number of fused-ring (bicyclic) bond motifs is 1. The zero-order valence-electron chi connectivity index (χ0n) is 17.6. The molecule has 1 aromatic heterocycles. The van der Waals surface area contributed by atoms with Crippen LogP contribution in [0, 0.1) is 0 Å². The van der Waals surface area contributed by atoms with E-state index in [1.807, 2.05) is 24.4 Å². The Morgan fingerprint density at radius 3 is 2.65 bits per heavy atom. The first-order chi connectivity index (χ1) is 15.0. The van der Waals surface area contributed by atoms with Gasteiger partial charge in [0.1, 0.15) is 5.75 Å². The number of hydrogen-bond donors (Lipinski definition) is 3. The number of aromatic nitrogens is 1. The van der Waals surface area contributed by atoms with Crippen LogP contribution in [-0.4, -0.2) is 53.2 Å². The maximum atomic E-state index is 13.2. The molecular weight excluding hydrogens is 412 g/mol. The van der Waals surface area contributed by atoms with E-state index in [4.69, 9.17) is 4.74 Å². The highest BCUT2D eigenvalue weighted by Crippen LogP contribution is 2.50. The molecule has 1 saturated carbocycles. The third-order valence-electron chi connectivity index (χ3n) is 6.53. The molecule has 164 valence electrons. The molecule has 0 radical (unpaired) electrons. The van der Waals surface area contributed by atoms with E-state index in [9.17, 15) is 8.42 Å². The second-order valence-electron chi connectivity index (χ2n) is 8.42. The zero-order valence-corrected chi connectivity index (χ0v) is 18.5. The molecule has 2 fully saturated rings. The molecule has 2 aromatic carbocycles. The first kappa shape index (κ1) is 20.4. The molecule has 2 heterocycles. The molecule has 0 amide bonds. The summed E-state index contributed by atoms with van der Waals surface area (Å²) in [6, 6.07) is 13.3. The van der Waals surface area contributed by atoms with E-state index in [0.29, 0.717) is 12.3 Å². The van der Waals surface area contributed by atoms with Gasteiger partial charge in [0.2, 0.25) is 10.0 Å². The summed E-state index contributed by atoms with van der Waals surface area (Å²) in [6.45, 7) is 3.76. The molecule has 3 N–H and O–H groups in total. The van der Waals surface area contributed by atoms with E-state index < -0.39 is 10.0 Å². The summed E-state index contributed by atoms with van der Waals surface area (Å²) in [5, 5.41) is 4.49. The third kappa shape index (κ3) is 3.79. The summed E-state index contributed by atoms with van der Waals surface area (Å²) in [7, 11) is -2.03.